The van der Waals surface area contributed by atoms with Crippen molar-refractivity contribution in [3.05, 3.63) is 29.8 Å². The topological polar surface area (TPSA) is 57.0 Å². The van der Waals surface area contributed by atoms with Gasteiger partial charge >= 0.3 is 0 Å². The summed E-state index contributed by atoms with van der Waals surface area (Å²) < 4.78 is 0. The highest BCUT2D eigenvalue weighted by atomic mass is 79.9. The second-order valence-corrected chi connectivity index (χ2v) is 6.95. The van der Waals surface area contributed by atoms with Gasteiger partial charge in [0.25, 0.3) is 0 Å². The molecule has 1 aliphatic heterocycles. The minimum absolute atomic E-state index is 0.228. The van der Waals surface area contributed by atoms with Crippen molar-refractivity contribution in [1.29, 1.82) is 0 Å². The third-order valence-corrected chi connectivity index (χ3v) is 6.02. The number of amidine groups is 1. The Morgan fingerprint density at radius 3 is 3.05 bits per heavy atom. The van der Waals surface area contributed by atoms with Gasteiger partial charge in [-0.15, -0.1) is 0 Å². The maximum absolute atomic E-state index is 9.61. The Hall–Kier alpha value is -1.01. The van der Waals surface area contributed by atoms with Gasteiger partial charge in [-0.25, -0.2) is 0 Å². The van der Waals surface area contributed by atoms with E-state index >= 15 is 0 Å². The summed E-state index contributed by atoms with van der Waals surface area (Å²) in [5.74, 6) is 0.228. The lowest BCUT2D eigenvalue weighted by molar-refractivity contribution is 0.474. The van der Waals surface area contributed by atoms with Crippen LogP contribution in [0.5, 0.6) is 5.75 Å². The lowest BCUT2D eigenvalue weighted by atomic mass is 10.2. The van der Waals surface area contributed by atoms with Gasteiger partial charge in [0, 0.05) is 15.6 Å². The molecular formula is C13H14BrN3OS. The highest BCUT2D eigenvalue weighted by molar-refractivity contribution is 9.09. The molecule has 4 nitrogen and oxygen atoms in total. The zero-order chi connectivity index (χ0) is 13.2. The number of phenolic OH excluding ortho intramolecular Hbond substituents is 1. The van der Waals surface area contributed by atoms with Crippen molar-refractivity contribution >= 4 is 39.1 Å². The number of phenols is 1. The zero-order valence-corrected chi connectivity index (χ0v) is 12.6. The number of fused-ring (bicyclic) bond motifs is 1. The molecule has 0 unspecified atom stereocenters. The maximum atomic E-state index is 9.61. The van der Waals surface area contributed by atoms with E-state index in [-0.39, 0.29) is 5.75 Å². The van der Waals surface area contributed by atoms with E-state index in [1.54, 1.807) is 30.1 Å². The number of aliphatic imine (C=N–C) groups is 1. The average Bonchev–Trinajstić information content (AvgIpc) is 2.95. The zero-order valence-electron chi connectivity index (χ0n) is 10.2. The lowest BCUT2D eigenvalue weighted by Crippen LogP contribution is -2.17. The van der Waals surface area contributed by atoms with E-state index in [1.165, 1.54) is 6.42 Å². The summed E-state index contributed by atoms with van der Waals surface area (Å²) in [6, 6.07) is 7.52. The second kappa shape index (κ2) is 5.54. The van der Waals surface area contributed by atoms with Gasteiger partial charge in [-0.2, -0.15) is 5.10 Å². The number of halogens is 1. The van der Waals surface area contributed by atoms with Crippen LogP contribution in [0.2, 0.25) is 0 Å². The van der Waals surface area contributed by atoms with Gasteiger partial charge in [-0.3, -0.25) is 10.4 Å². The van der Waals surface area contributed by atoms with Gasteiger partial charge in [-0.1, -0.05) is 39.8 Å². The quantitative estimate of drug-likeness (QED) is 0.494. The molecule has 1 fully saturated rings. The van der Waals surface area contributed by atoms with Crippen LogP contribution >= 0.6 is 27.7 Å². The minimum Gasteiger partial charge on any atom is -0.507 e. The number of aromatic hydroxyl groups is 1. The number of alkyl halides is 1. The standard InChI is InChI=1S/C13H14BrN3OS/c14-9-5-6-10-12(9)19-13(16-10)17-15-7-8-3-1-2-4-11(8)18/h1-4,7,9-10,12,18H,5-6H2,(H,16,17)/b15-7-/t9-,10-,12-/m0/s1. The highest BCUT2D eigenvalue weighted by Crippen LogP contribution is 2.41. The molecule has 0 amide bonds. The molecular weight excluding hydrogens is 326 g/mol. The minimum atomic E-state index is 0.228. The van der Waals surface area contributed by atoms with E-state index in [0.717, 1.165) is 11.6 Å². The van der Waals surface area contributed by atoms with Gasteiger partial charge in [0.1, 0.15) is 5.75 Å². The van der Waals surface area contributed by atoms with Crippen molar-refractivity contribution in [3.63, 3.8) is 0 Å². The first-order valence-corrected chi connectivity index (χ1v) is 7.99. The van der Waals surface area contributed by atoms with E-state index in [1.807, 2.05) is 12.1 Å². The number of rotatable bonds is 2. The normalized spacial score (nSPS) is 29.5. The molecule has 0 bridgehead atoms. The van der Waals surface area contributed by atoms with Crippen LogP contribution in [-0.4, -0.2) is 32.6 Å². The summed E-state index contributed by atoms with van der Waals surface area (Å²) in [5, 5.41) is 15.1. The van der Waals surface area contributed by atoms with Crippen LogP contribution in [0, 0.1) is 0 Å². The molecule has 0 radical (unpaired) electrons. The first kappa shape index (κ1) is 13.0. The van der Waals surface area contributed by atoms with Crippen LogP contribution in [-0.2, 0) is 0 Å². The molecule has 2 N–H and O–H groups in total. The Bertz CT molecular complexity index is 534. The molecule has 1 aliphatic carbocycles. The number of para-hydroxylation sites is 1. The molecule has 19 heavy (non-hydrogen) atoms. The van der Waals surface area contributed by atoms with Crippen molar-refractivity contribution < 1.29 is 5.11 Å². The van der Waals surface area contributed by atoms with Crippen LogP contribution in [0.4, 0.5) is 0 Å². The fourth-order valence-corrected chi connectivity index (χ4v) is 4.45. The molecule has 1 saturated carbocycles. The average molecular weight is 340 g/mol. The fraction of sp³-hybridized carbons (Fsp3) is 0.385. The molecule has 1 heterocycles. The van der Waals surface area contributed by atoms with Crippen molar-refractivity contribution in [2.75, 3.05) is 0 Å². The van der Waals surface area contributed by atoms with E-state index < -0.39 is 0 Å². The van der Waals surface area contributed by atoms with E-state index in [4.69, 9.17) is 0 Å². The van der Waals surface area contributed by atoms with Gasteiger partial charge in [-0.05, 0) is 25.0 Å². The number of nitrogens with zero attached hydrogens (tertiary/aromatic N) is 2. The lowest BCUT2D eigenvalue weighted by Gasteiger charge is -2.09. The molecule has 1 aromatic carbocycles. The van der Waals surface area contributed by atoms with Crippen LogP contribution in [0.3, 0.4) is 0 Å². The maximum Gasteiger partial charge on any atom is 0.177 e. The van der Waals surface area contributed by atoms with Crippen molar-refractivity contribution in [3.8, 4) is 5.75 Å². The number of benzene rings is 1. The molecule has 100 valence electrons. The number of hydrogen-bond donors (Lipinski definition) is 2. The Morgan fingerprint density at radius 2 is 2.26 bits per heavy atom. The van der Waals surface area contributed by atoms with E-state index in [2.05, 4.69) is 31.4 Å². The molecule has 3 atom stereocenters. The smallest absolute Gasteiger partial charge is 0.177 e. The predicted molar refractivity (Wildman–Crippen MR) is 83.4 cm³/mol. The van der Waals surface area contributed by atoms with Crippen LogP contribution in [0.25, 0.3) is 0 Å². The van der Waals surface area contributed by atoms with Gasteiger partial charge < -0.3 is 5.11 Å². The highest BCUT2D eigenvalue weighted by Gasteiger charge is 2.40. The van der Waals surface area contributed by atoms with Gasteiger partial charge in [0.2, 0.25) is 0 Å². The van der Waals surface area contributed by atoms with E-state index in [0.29, 0.717) is 21.7 Å². The SMILES string of the molecule is Oc1ccccc1/C=N\NC1=N[C@H]2CC[C@H](Br)[C@@H]2S1. The molecule has 0 saturated heterocycles. The molecule has 0 spiro atoms. The molecule has 6 heteroatoms. The van der Waals surface area contributed by atoms with Crippen LogP contribution in [0.15, 0.2) is 34.4 Å². The fourth-order valence-electron chi connectivity index (χ4n) is 2.31. The molecule has 2 aliphatic rings. The summed E-state index contributed by atoms with van der Waals surface area (Å²) in [7, 11) is 0. The predicted octanol–water partition coefficient (Wildman–Crippen LogP) is 2.71. The Labute approximate surface area is 124 Å². The summed E-state index contributed by atoms with van der Waals surface area (Å²) in [4.78, 5) is 5.17. The van der Waals surface area contributed by atoms with Crippen molar-refractivity contribution in [2.45, 2.75) is 29.0 Å². The molecule has 3 rings (SSSR count). The van der Waals surface area contributed by atoms with Crippen LogP contribution in [0.1, 0.15) is 18.4 Å². The first-order valence-electron chi connectivity index (χ1n) is 6.19. The third kappa shape index (κ3) is 2.79. The first-order chi connectivity index (χ1) is 9.24. The number of nitrogens with one attached hydrogen (secondary N) is 1. The number of hydrogen-bond acceptors (Lipinski definition) is 5. The Kier molecular flexibility index (Phi) is 3.79. The van der Waals surface area contributed by atoms with Crippen LogP contribution < -0.4 is 5.43 Å². The Balaban J connectivity index is 1.61. The van der Waals surface area contributed by atoms with Gasteiger partial charge in [0.05, 0.1) is 12.3 Å². The monoisotopic (exact) mass is 339 g/mol. The summed E-state index contributed by atoms with van der Waals surface area (Å²) >= 11 is 5.44. The van der Waals surface area contributed by atoms with Gasteiger partial charge in [0.15, 0.2) is 5.17 Å². The summed E-state index contributed by atoms with van der Waals surface area (Å²) in [6.07, 6.45) is 3.94. The Morgan fingerprint density at radius 1 is 1.42 bits per heavy atom. The number of thioether (sulfide) groups is 1. The molecule has 1 aromatic rings. The number of hydrazone groups is 1. The second-order valence-electron chi connectivity index (χ2n) is 4.61. The summed E-state index contributed by atoms with van der Waals surface area (Å²) in [6.45, 7) is 0. The van der Waals surface area contributed by atoms with Crippen molar-refractivity contribution in [1.82, 2.24) is 5.43 Å². The summed E-state index contributed by atoms with van der Waals surface area (Å²) in [5.41, 5.74) is 3.65. The largest absolute Gasteiger partial charge is 0.507 e. The van der Waals surface area contributed by atoms with E-state index in [9.17, 15) is 5.11 Å². The third-order valence-electron chi connectivity index (χ3n) is 3.31. The molecule has 0 aromatic heterocycles. The van der Waals surface area contributed by atoms with Crippen molar-refractivity contribution in [2.24, 2.45) is 10.1 Å².